The minimum atomic E-state index is -0.437. The number of hydrogen-bond acceptors (Lipinski definition) is 3. The molecule has 0 amide bonds. The number of anilines is 1. The molecule has 106 valence electrons. The molecule has 1 heterocycles. The lowest BCUT2D eigenvalue weighted by molar-refractivity contribution is 0.435. The quantitative estimate of drug-likeness (QED) is 0.732. The number of nitrogens with two attached hydrogens (primary N) is 1. The number of hydrogen-bond donors (Lipinski definition) is 1. The van der Waals surface area contributed by atoms with Crippen molar-refractivity contribution >= 4 is 21.7 Å². The molecule has 21 heavy (non-hydrogen) atoms. The average molecular weight is 351 g/mol. The lowest BCUT2D eigenvalue weighted by atomic mass is 10.0. The lowest BCUT2D eigenvalue weighted by Gasteiger charge is -2.05. The van der Waals surface area contributed by atoms with E-state index < -0.39 is 11.6 Å². The Kier molecular flexibility index (Phi) is 3.47. The predicted octanol–water partition coefficient (Wildman–Crippen LogP) is 4.63. The third-order valence-electron chi connectivity index (χ3n) is 3.03. The Hall–Kier alpha value is -2.21. The maximum atomic E-state index is 13.7. The van der Waals surface area contributed by atoms with Crippen LogP contribution in [0.15, 0.2) is 51.5 Å². The van der Waals surface area contributed by atoms with Gasteiger partial charge in [-0.25, -0.2) is 8.78 Å². The van der Waals surface area contributed by atoms with Crippen molar-refractivity contribution in [2.75, 3.05) is 5.73 Å². The molecule has 0 radical (unpaired) electrons. The van der Waals surface area contributed by atoms with Gasteiger partial charge in [0.2, 0.25) is 0 Å². The Morgan fingerprint density at radius 3 is 2.62 bits per heavy atom. The van der Waals surface area contributed by atoms with Gasteiger partial charge < -0.3 is 10.3 Å². The molecule has 1 aromatic heterocycles. The number of nitrogen functional groups attached to an aromatic ring is 1. The molecule has 0 aliphatic heterocycles. The summed E-state index contributed by atoms with van der Waals surface area (Å²) in [5.74, 6) is -0.443. The van der Waals surface area contributed by atoms with Crippen molar-refractivity contribution in [3.8, 4) is 22.5 Å². The van der Waals surface area contributed by atoms with Crippen LogP contribution in [0.25, 0.3) is 22.5 Å². The van der Waals surface area contributed by atoms with Gasteiger partial charge in [-0.1, -0.05) is 23.4 Å². The molecule has 0 fully saturated rings. The van der Waals surface area contributed by atoms with E-state index >= 15 is 0 Å². The first-order valence-electron chi connectivity index (χ1n) is 6.03. The molecular formula is C15H9BrF2N2O. The smallest absolute Gasteiger partial charge is 0.178 e. The van der Waals surface area contributed by atoms with Crippen molar-refractivity contribution < 1.29 is 13.3 Å². The van der Waals surface area contributed by atoms with Gasteiger partial charge in [0, 0.05) is 5.56 Å². The van der Waals surface area contributed by atoms with Gasteiger partial charge in [0.05, 0.1) is 10.0 Å². The van der Waals surface area contributed by atoms with Gasteiger partial charge in [0.1, 0.15) is 11.6 Å². The molecule has 6 heteroatoms. The van der Waals surface area contributed by atoms with E-state index in [9.17, 15) is 8.78 Å². The van der Waals surface area contributed by atoms with Crippen LogP contribution in [-0.4, -0.2) is 5.16 Å². The SMILES string of the molecule is Nc1noc(-c2cccc(F)c2Br)c1-c1cccc(F)c1. The predicted molar refractivity (Wildman–Crippen MR) is 79.4 cm³/mol. The van der Waals surface area contributed by atoms with Crippen LogP contribution in [0.1, 0.15) is 0 Å². The first kappa shape index (κ1) is 13.8. The highest BCUT2D eigenvalue weighted by Gasteiger charge is 2.21. The van der Waals surface area contributed by atoms with E-state index in [0.29, 0.717) is 16.7 Å². The second-order valence-electron chi connectivity index (χ2n) is 4.38. The van der Waals surface area contributed by atoms with Gasteiger partial charge in [-0.2, -0.15) is 0 Å². The van der Waals surface area contributed by atoms with Crippen molar-refractivity contribution in [3.05, 3.63) is 58.6 Å². The van der Waals surface area contributed by atoms with Crippen molar-refractivity contribution in [2.45, 2.75) is 0 Å². The third-order valence-corrected chi connectivity index (χ3v) is 3.83. The standard InChI is InChI=1S/C15H9BrF2N2O/c16-13-10(5-2-6-11(13)18)14-12(15(19)20-21-14)8-3-1-4-9(17)7-8/h1-7H,(H2,19,20). The normalized spacial score (nSPS) is 10.8. The van der Waals surface area contributed by atoms with Crippen LogP contribution < -0.4 is 5.73 Å². The molecular weight excluding hydrogens is 342 g/mol. The molecule has 0 aliphatic carbocycles. The second kappa shape index (κ2) is 5.29. The summed E-state index contributed by atoms with van der Waals surface area (Å²) in [6, 6.07) is 10.4. The molecule has 0 unspecified atom stereocenters. The summed E-state index contributed by atoms with van der Waals surface area (Å²) in [6.45, 7) is 0. The summed E-state index contributed by atoms with van der Waals surface area (Å²) in [5, 5.41) is 3.71. The fraction of sp³-hybridized carbons (Fsp3) is 0. The van der Waals surface area contributed by atoms with E-state index in [4.69, 9.17) is 10.3 Å². The van der Waals surface area contributed by atoms with Crippen LogP contribution in [0.2, 0.25) is 0 Å². The Morgan fingerprint density at radius 1 is 1.10 bits per heavy atom. The van der Waals surface area contributed by atoms with Gasteiger partial charge in [-0.15, -0.1) is 0 Å². The highest BCUT2D eigenvalue weighted by Crippen LogP contribution is 2.40. The van der Waals surface area contributed by atoms with E-state index in [-0.39, 0.29) is 16.1 Å². The lowest BCUT2D eigenvalue weighted by Crippen LogP contribution is -1.90. The zero-order chi connectivity index (χ0) is 15.0. The van der Waals surface area contributed by atoms with Crippen LogP contribution >= 0.6 is 15.9 Å². The molecule has 0 aliphatic rings. The third kappa shape index (κ3) is 2.42. The Bertz CT molecular complexity index is 817. The Balaban J connectivity index is 2.24. The molecule has 0 bridgehead atoms. The molecule has 3 aromatic rings. The van der Waals surface area contributed by atoms with Crippen LogP contribution in [0.3, 0.4) is 0 Å². The summed E-state index contributed by atoms with van der Waals surface area (Å²) in [5.41, 5.74) is 7.21. The minimum Gasteiger partial charge on any atom is -0.380 e. The van der Waals surface area contributed by atoms with Gasteiger partial charge >= 0.3 is 0 Å². The fourth-order valence-corrected chi connectivity index (χ4v) is 2.53. The summed E-state index contributed by atoms with van der Waals surface area (Å²) in [6.07, 6.45) is 0. The van der Waals surface area contributed by atoms with Gasteiger partial charge in [-0.05, 0) is 45.8 Å². The average Bonchev–Trinajstić information content (AvgIpc) is 2.83. The van der Waals surface area contributed by atoms with Crippen LogP contribution in [0.4, 0.5) is 14.6 Å². The molecule has 3 rings (SSSR count). The van der Waals surface area contributed by atoms with E-state index in [2.05, 4.69) is 21.1 Å². The topological polar surface area (TPSA) is 52.0 Å². The Morgan fingerprint density at radius 2 is 1.86 bits per heavy atom. The molecule has 2 N–H and O–H groups in total. The van der Waals surface area contributed by atoms with Crippen LogP contribution in [0, 0.1) is 11.6 Å². The van der Waals surface area contributed by atoms with Gasteiger partial charge in [0.15, 0.2) is 11.6 Å². The summed E-state index contributed by atoms with van der Waals surface area (Å²) < 4.78 is 32.5. The van der Waals surface area contributed by atoms with Gasteiger partial charge in [0.25, 0.3) is 0 Å². The van der Waals surface area contributed by atoms with Crippen molar-refractivity contribution in [3.63, 3.8) is 0 Å². The molecule has 0 saturated carbocycles. The van der Waals surface area contributed by atoms with Crippen molar-refractivity contribution in [1.82, 2.24) is 5.16 Å². The largest absolute Gasteiger partial charge is 0.380 e. The van der Waals surface area contributed by atoms with E-state index in [1.807, 2.05) is 0 Å². The summed E-state index contributed by atoms with van der Waals surface area (Å²) >= 11 is 3.17. The number of rotatable bonds is 2. The van der Waals surface area contributed by atoms with Crippen LogP contribution in [0.5, 0.6) is 0 Å². The Labute approximate surface area is 127 Å². The highest BCUT2D eigenvalue weighted by atomic mass is 79.9. The number of aromatic nitrogens is 1. The molecule has 0 saturated heterocycles. The first-order valence-corrected chi connectivity index (χ1v) is 6.82. The number of benzene rings is 2. The summed E-state index contributed by atoms with van der Waals surface area (Å²) in [7, 11) is 0. The zero-order valence-electron chi connectivity index (χ0n) is 10.6. The molecule has 3 nitrogen and oxygen atoms in total. The second-order valence-corrected chi connectivity index (χ2v) is 5.18. The van der Waals surface area contributed by atoms with E-state index in [1.165, 1.54) is 18.2 Å². The zero-order valence-corrected chi connectivity index (χ0v) is 12.2. The number of nitrogens with zero attached hydrogens (tertiary/aromatic N) is 1. The maximum Gasteiger partial charge on any atom is 0.178 e. The summed E-state index contributed by atoms with van der Waals surface area (Å²) in [4.78, 5) is 0. The maximum absolute atomic E-state index is 13.7. The minimum absolute atomic E-state index is 0.117. The van der Waals surface area contributed by atoms with Crippen LogP contribution in [-0.2, 0) is 0 Å². The van der Waals surface area contributed by atoms with Crippen molar-refractivity contribution in [2.24, 2.45) is 0 Å². The number of halogens is 3. The van der Waals surface area contributed by atoms with Gasteiger partial charge in [-0.3, -0.25) is 0 Å². The monoisotopic (exact) mass is 350 g/mol. The molecule has 2 aromatic carbocycles. The first-order chi connectivity index (χ1) is 10.1. The fourth-order valence-electron chi connectivity index (χ4n) is 2.09. The molecule has 0 atom stereocenters. The highest BCUT2D eigenvalue weighted by molar-refractivity contribution is 9.10. The molecule has 0 spiro atoms. The van der Waals surface area contributed by atoms with Crippen molar-refractivity contribution in [1.29, 1.82) is 0 Å². The van der Waals surface area contributed by atoms with E-state index in [1.54, 1.807) is 24.3 Å². The van der Waals surface area contributed by atoms with E-state index in [0.717, 1.165) is 0 Å².